The summed E-state index contributed by atoms with van der Waals surface area (Å²) in [4.78, 5) is 30.1. The molecule has 1 aliphatic rings. The van der Waals surface area contributed by atoms with Crippen LogP contribution in [0.4, 0.5) is 11.4 Å². The molecule has 1 aliphatic carbocycles. The molecule has 2 atom stereocenters. The quantitative estimate of drug-likeness (QED) is 0.658. The maximum absolute atomic E-state index is 13.8. The number of amides is 2. The predicted molar refractivity (Wildman–Crippen MR) is 116 cm³/mol. The second-order valence-electron chi connectivity index (χ2n) is 7.27. The molecule has 0 heterocycles. The molecule has 6 heteroatoms. The number of nitrogens with zero attached hydrogens (tertiary/aromatic N) is 2. The van der Waals surface area contributed by atoms with Crippen molar-refractivity contribution in [3.8, 4) is 0 Å². The van der Waals surface area contributed by atoms with Gasteiger partial charge in [0.25, 0.3) is 0 Å². The van der Waals surface area contributed by atoms with Crippen LogP contribution >= 0.6 is 0 Å². The summed E-state index contributed by atoms with van der Waals surface area (Å²) >= 11 is 0. The Bertz CT molecular complexity index is 809. The van der Waals surface area contributed by atoms with Crippen LogP contribution in [0.5, 0.6) is 0 Å². The van der Waals surface area contributed by atoms with Crippen molar-refractivity contribution in [2.45, 2.75) is 12.8 Å². The van der Waals surface area contributed by atoms with Gasteiger partial charge in [-0.25, -0.2) is 0 Å². The summed E-state index contributed by atoms with van der Waals surface area (Å²) in [7, 11) is 0. The molecule has 0 aliphatic heterocycles. The lowest BCUT2D eigenvalue weighted by Crippen LogP contribution is -2.46. The summed E-state index contributed by atoms with van der Waals surface area (Å²) in [5.74, 6) is -1.40. The maximum atomic E-state index is 13.8. The van der Waals surface area contributed by atoms with Gasteiger partial charge in [-0.3, -0.25) is 14.5 Å². The highest BCUT2D eigenvalue weighted by atomic mass is 16.3. The van der Waals surface area contributed by atoms with E-state index in [4.69, 9.17) is 0 Å². The first-order valence-corrected chi connectivity index (χ1v) is 10.3. The van der Waals surface area contributed by atoms with Crippen LogP contribution in [0.2, 0.25) is 0 Å². The smallest absolute Gasteiger partial charge is 0.235 e. The SMILES string of the molecule is O=C(C1CC=CCC1C(=O)N(c1ccccc1)c1ccccc1)N(CCO)CCO. The molecule has 158 valence electrons. The number of carbonyl (C=O) groups excluding carboxylic acids is 2. The third-order valence-corrected chi connectivity index (χ3v) is 5.37. The van der Waals surface area contributed by atoms with Gasteiger partial charge in [0.1, 0.15) is 0 Å². The van der Waals surface area contributed by atoms with Crippen molar-refractivity contribution in [2.75, 3.05) is 31.2 Å². The van der Waals surface area contributed by atoms with Crippen LogP contribution in [-0.4, -0.2) is 53.2 Å². The maximum Gasteiger partial charge on any atom is 0.235 e. The lowest BCUT2D eigenvalue weighted by atomic mass is 9.80. The fourth-order valence-corrected chi connectivity index (χ4v) is 3.89. The number of benzene rings is 2. The standard InChI is InChI=1S/C24H28N2O4/c27-17-15-25(16-18-28)23(29)21-13-7-8-14-22(21)24(30)26(19-9-3-1-4-10-19)20-11-5-2-6-12-20/h1-12,21-22,27-28H,13-18H2. The van der Waals surface area contributed by atoms with Crippen molar-refractivity contribution in [3.05, 3.63) is 72.8 Å². The van der Waals surface area contributed by atoms with Gasteiger partial charge in [0.05, 0.1) is 25.0 Å². The number of aliphatic hydroxyl groups excluding tert-OH is 2. The molecular weight excluding hydrogens is 380 g/mol. The zero-order valence-corrected chi connectivity index (χ0v) is 16.9. The second-order valence-corrected chi connectivity index (χ2v) is 7.27. The van der Waals surface area contributed by atoms with E-state index in [0.29, 0.717) is 12.8 Å². The van der Waals surface area contributed by atoms with Crippen LogP contribution in [0.25, 0.3) is 0 Å². The highest BCUT2D eigenvalue weighted by Crippen LogP contribution is 2.34. The number of rotatable bonds is 8. The van der Waals surface area contributed by atoms with Gasteiger partial charge < -0.3 is 15.1 Å². The molecule has 0 fully saturated rings. The van der Waals surface area contributed by atoms with Crippen LogP contribution in [0.15, 0.2) is 72.8 Å². The van der Waals surface area contributed by atoms with E-state index in [1.165, 1.54) is 4.90 Å². The van der Waals surface area contributed by atoms with E-state index in [1.807, 2.05) is 72.8 Å². The number of carbonyl (C=O) groups is 2. The molecule has 6 nitrogen and oxygen atoms in total. The molecular formula is C24H28N2O4. The Morgan fingerprint density at radius 3 is 1.60 bits per heavy atom. The van der Waals surface area contributed by atoms with Gasteiger partial charge in [-0.05, 0) is 37.1 Å². The van der Waals surface area contributed by atoms with Gasteiger partial charge >= 0.3 is 0 Å². The van der Waals surface area contributed by atoms with Crippen molar-refractivity contribution >= 4 is 23.2 Å². The molecule has 0 spiro atoms. The average Bonchev–Trinajstić information content (AvgIpc) is 2.80. The second kappa shape index (κ2) is 10.7. The Labute approximate surface area is 177 Å². The summed E-state index contributed by atoms with van der Waals surface area (Å²) in [6.45, 7) is -0.0939. The van der Waals surface area contributed by atoms with Gasteiger partial charge in [0, 0.05) is 24.5 Å². The topological polar surface area (TPSA) is 81.1 Å². The third kappa shape index (κ3) is 4.96. The summed E-state index contributed by atoms with van der Waals surface area (Å²) in [5, 5.41) is 18.6. The fraction of sp³-hybridized carbons (Fsp3) is 0.333. The minimum atomic E-state index is -0.532. The van der Waals surface area contributed by atoms with E-state index in [1.54, 1.807) is 4.90 Å². The van der Waals surface area contributed by atoms with Gasteiger partial charge in [-0.2, -0.15) is 0 Å². The van der Waals surface area contributed by atoms with E-state index in [-0.39, 0.29) is 38.1 Å². The Kier molecular flexibility index (Phi) is 7.76. The van der Waals surface area contributed by atoms with Crippen molar-refractivity contribution < 1.29 is 19.8 Å². The molecule has 2 amide bonds. The van der Waals surface area contributed by atoms with Gasteiger partial charge in [0.2, 0.25) is 11.8 Å². The first-order chi connectivity index (χ1) is 14.7. The average molecular weight is 408 g/mol. The number of hydrogen-bond donors (Lipinski definition) is 2. The summed E-state index contributed by atoms with van der Waals surface area (Å²) < 4.78 is 0. The Morgan fingerprint density at radius 2 is 1.17 bits per heavy atom. The number of aliphatic hydroxyl groups is 2. The molecule has 0 bridgehead atoms. The van der Waals surface area contributed by atoms with Crippen LogP contribution in [-0.2, 0) is 9.59 Å². The molecule has 0 saturated heterocycles. The van der Waals surface area contributed by atoms with Crippen molar-refractivity contribution in [3.63, 3.8) is 0 Å². The van der Waals surface area contributed by atoms with E-state index >= 15 is 0 Å². The first-order valence-electron chi connectivity index (χ1n) is 10.3. The minimum Gasteiger partial charge on any atom is -0.395 e. The normalized spacial score (nSPS) is 18.1. The minimum absolute atomic E-state index is 0.136. The molecule has 0 radical (unpaired) electrons. The van der Waals surface area contributed by atoms with Crippen LogP contribution < -0.4 is 4.90 Å². The highest BCUT2D eigenvalue weighted by Gasteiger charge is 2.39. The van der Waals surface area contributed by atoms with Crippen molar-refractivity contribution in [1.29, 1.82) is 0 Å². The number of allylic oxidation sites excluding steroid dienone is 2. The first kappa shape index (κ1) is 21.7. The Morgan fingerprint density at radius 1 is 0.733 bits per heavy atom. The summed E-state index contributed by atoms with van der Waals surface area (Å²) in [5.41, 5.74) is 1.49. The summed E-state index contributed by atoms with van der Waals surface area (Å²) in [6, 6.07) is 18.8. The van der Waals surface area contributed by atoms with Crippen LogP contribution in [0.3, 0.4) is 0 Å². The van der Waals surface area contributed by atoms with Crippen LogP contribution in [0.1, 0.15) is 12.8 Å². The fourth-order valence-electron chi connectivity index (χ4n) is 3.89. The van der Waals surface area contributed by atoms with Crippen molar-refractivity contribution in [1.82, 2.24) is 4.90 Å². The van der Waals surface area contributed by atoms with E-state index in [0.717, 1.165) is 11.4 Å². The Balaban J connectivity index is 1.94. The largest absolute Gasteiger partial charge is 0.395 e. The molecule has 0 saturated carbocycles. The molecule has 2 unspecified atom stereocenters. The molecule has 2 aromatic carbocycles. The van der Waals surface area contributed by atoms with Gasteiger partial charge in [0.15, 0.2) is 0 Å². The zero-order valence-electron chi connectivity index (χ0n) is 16.9. The molecule has 30 heavy (non-hydrogen) atoms. The number of hydrogen-bond acceptors (Lipinski definition) is 4. The molecule has 2 aromatic rings. The Hall–Kier alpha value is -2.96. The molecule has 3 rings (SSSR count). The van der Waals surface area contributed by atoms with E-state index in [9.17, 15) is 19.8 Å². The zero-order chi connectivity index (χ0) is 21.3. The predicted octanol–water partition coefficient (Wildman–Crippen LogP) is 2.75. The van der Waals surface area contributed by atoms with Gasteiger partial charge in [-0.15, -0.1) is 0 Å². The summed E-state index contributed by atoms with van der Waals surface area (Å²) in [6.07, 6.45) is 4.80. The highest BCUT2D eigenvalue weighted by molar-refractivity contribution is 6.03. The number of anilines is 2. The van der Waals surface area contributed by atoms with E-state index < -0.39 is 11.8 Å². The monoisotopic (exact) mass is 408 g/mol. The third-order valence-electron chi connectivity index (χ3n) is 5.37. The van der Waals surface area contributed by atoms with Gasteiger partial charge in [-0.1, -0.05) is 48.6 Å². The van der Waals surface area contributed by atoms with Crippen LogP contribution in [0, 0.1) is 11.8 Å². The number of para-hydroxylation sites is 2. The molecule has 2 N–H and O–H groups in total. The molecule has 0 aromatic heterocycles. The lowest BCUT2D eigenvalue weighted by Gasteiger charge is -2.35. The van der Waals surface area contributed by atoms with Crippen molar-refractivity contribution in [2.24, 2.45) is 11.8 Å². The lowest BCUT2D eigenvalue weighted by molar-refractivity contribution is -0.142. The van der Waals surface area contributed by atoms with E-state index in [2.05, 4.69) is 0 Å².